The van der Waals surface area contributed by atoms with Crippen LogP contribution in [0.25, 0.3) is 11.1 Å². The van der Waals surface area contributed by atoms with E-state index in [1.807, 2.05) is 0 Å². The molecule has 3 nitrogen and oxygen atoms in total. The minimum Gasteiger partial charge on any atom is -0.439 e. The maximum atomic E-state index is 6.10. The van der Waals surface area contributed by atoms with E-state index in [-0.39, 0.29) is 0 Å². The molecule has 1 aromatic carbocycles. The van der Waals surface area contributed by atoms with Gasteiger partial charge in [0.15, 0.2) is 11.5 Å². The minimum absolute atomic E-state index is 0.531. The topological polar surface area (TPSA) is 38.1 Å². The highest BCUT2D eigenvalue weighted by atomic mass is 35.5. The van der Waals surface area contributed by atoms with Gasteiger partial charge in [-0.2, -0.15) is 0 Å². The van der Waals surface area contributed by atoms with Crippen LogP contribution in [0.15, 0.2) is 16.5 Å². The lowest BCUT2D eigenvalue weighted by Crippen LogP contribution is -2.27. The fourth-order valence-electron chi connectivity index (χ4n) is 2.61. The van der Waals surface area contributed by atoms with Gasteiger partial charge in [0.2, 0.25) is 0 Å². The average molecular weight is 299 g/mol. The molecular formula is C14H16Cl2N2O. The predicted molar refractivity (Wildman–Crippen MR) is 77.9 cm³/mol. The summed E-state index contributed by atoms with van der Waals surface area (Å²) in [5.41, 5.74) is 1.39. The highest BCUT2D eigenvalue weighted by molar-refractivity contribution is 6.37. The lowest BCUT2D eigenvalue weighted by molar-refractivity contribution is 0.343. The zero-order valence-electron chi connectivity index (χ0n) is 10.6. The normalized spacial score (nSPS) is 17.2. The first-order valence-electron chi connectivity index (χ1n) is 6.67. The lowest BCUT2D eigenvalue weighted by atomic mass is 9.93. The summed E-state index contributed by atoms with van der Waals surface area (Å²) in [6.07, 6.45) is 4.48. The number of benzene rings is 1. The summed E-state index contributed by atoms with van der Waals surface area (Å²) >= 11 is 12.1. The number of nitrogens with zero attached hydrogens (tertiary/aromatic N) is 1. The quantitative estimate of drug-likeness (QED) is 0.928. The van der Waals surface area contributed by atoms with Gasteiger partial charge in [0.05, 0.1) is 5.02 Å². The standard InChI is InChI=1S/C14H16Cl2N2O/c15-10-7-11(16)14-12(8-10)18-13(19-14)2-1-9-3-5-17-6-4-9/h7-9,17H,1-6H2. The van der Waals surface area contributed by atoms with E-state index in [9.17, 15) is 0 Å². The number of aryl methyl sites for hydroxylation is 1. The molecule has 0 aliphatic carbocycles. The van der Waals surface area contributed by atoms with E-state index in [4.69, 9.17) is 27.6 Å². The molecule has 3 rings (SSSR count). The Hall–Kier alpha value is -0.770. The molecule has 1 aliphatic rings. The SMILES string of the molecule is Clc1cc(Cl)c2oc(CCC3CCNCC3)nc2c1. The zero-order chi connectivity index (χ0) is 13.2. The predicted octanol–water partition coefficient (Wildman–Crippen LogP) is 4.07. The highest BCUT2D eigenvalue weighted by Gasteiger charge is 2.15. The molecular weight excluding hydrogens is 283 g/mol. The molecule has 0 radical (unpaired) electrons. The molecule has 0 bridgehead atoms. The van der Waals surface area contributed by atoms with E-state index in [1.54, 1.807) is 12.1 Å². The number of rotatable bonds is 3. The molecule has 1 aromatic heterocycles. The molecule has 0 spiro atoms. The van der Waals surface area contributed by atoms with E-state index in [2.05, 4.69) is 10.3 Å². The Balaban J connectivity index is 1.72. The molecule has 19 heavy (non-hydrogen) atoms. The summed E-state index contributed by atoms with van der Waals surface area (Å²) in [4.78, 5) is 4.47. The van der Waals surface area contributed by atoms with E-state index in [0.29, 0.717) is 15.6 Å². The van der Waals surface area contributed by atoms with Gasteiger partial charge in [-0.1, -0.05) is 23.2 Å². The minimum atomic E-state index is 0.531. The Morgan fingerprint density at radius 1 is 1.26 bits per heavy atom. The Kier molecular flexibility index (Phi) is 3.96. The second-order valence-electron chi connectivity index (χ2n) is 5.08. The van der Waals surface area contributed by atoms with Crippen LogP contribution in [0.3, 0.4) is 0 Å². The van der Waals surface area contributed by atoms with Gasteiger partial charge in [0.1, 0.15) is 5.52 Å². The van der Waals surface area contributed by atoms with Crippen molar-refractivity contribution in [1.29, 1.82) is 0 Å². The van der Waals surface area contributed by atoms with Crippen LogP contribution in [0.5, 0.6) is 0 Å². The van der Waals surface area contributed by atoms with Crippen LogP contribution in [0.2, 0.25) is 10.0 Å². The molecule has 0 atom stereocenters. The van der Waals surface area contributed by atoms with Crippen LogP contribution in [-0.4, -0.2) is 18.1 Å². The van der Waals surface area contributed by atoms with Crippen molar-refractivity contribution in [3.63, 3.8) is 0 Å². The molecule has 5 heteroatoms. The third-order valence-electron chi connectivity index (χ3n) is 3.68. The van der Waals surface area contributed by atoms with Crippen LogP contribution in [-0.2, 0) is 6.42 Å². The summed E-state index contributed by atoms with van der Waals surface area (Å²) in [6.45, 7) is 2.25. The summed E-state index contributed by atoms with van der Waals surface area (Å²) in [5.74, 6) is 1.54. The van der Waals surface area contributed by atoms with Crippen LogP contribution >= 0.6 is 23.2 Å². The van der Waals surface area contributed by atoms with Crippen molar-refractivity contribution < 1.29 is 4.42 Å². The van der Waals surface area contributed by atoms with E-state index in [0.717, 1.165) is 43.3 Å². The van der Waals surface area contributed by atoms with Gasteiger partial charge in [-0.05, 0) is 50.4 Å². The van der Waals surface area contributed by atoms with Gasteiger partial charge in [0.25, 0.3) is 0 Å². The Morgan fingerprint density at radius 3 is 2.84 bits per heavy atom. The van der Waals surface area contributed by atoms with E-state index >= 15 is 0 Å². The molecule has 1 fully saturated rings. The van der Waals surface area contributed by atoms with E-state index in [1.165, 1.54) is 12.8 Å². The third kappa shape index (κ3) is 3.04. The second kappa shape index (κ2) is 5.70. The van der Waals surface area contributed by atoms with Crippen molar-refractivity contribution in [2.24, 2.45) is 5.92 Å². The fraction of sp³-hybridized carbons (Fsp3) is 0.500. The molecule has 1 N–H and O–H groups in total. The molecule has 2 aromatic rings. The van der Waals surface area contributed by atoms with Gasteiger partial charge < -0.3 is 9.73 Å². The van der Waals surface area contributed by atoms with Crippen molar-refractivity contribution in [1.82, 2.24) is 10.3 Å². The van der Waals surface area contributed by atoms with Crippen molar-refractivity contribution in [2.45, 2.75) is 25.7 Å². The number of halogens is 2. The Bertz CT molecular complexity index is 576. The Labute approximate surface area is 122 Å². The number of hydrogen-bond donors (Lipinski definition) is 1. The summed E-state index contributed by atoms with van der Waals surface area (Å²) < 4.78 is 5.73. The number of piperidine rings is 1. The first-order valence-corrected chi connectivity index (χ1v) is 7.43. The zero-order valence-corrected chi connectivity index (χ0v) is 12.1. The number of nitrogens with one attached hydrogen (secondary N) is 1. The molecule has 2 heterocycles. The van der Waals surface area contributed by atoms with Gasteiger partial charge >= 0.3 is 0 Å². The molecule has 1 saturated heterocycles. The molecule has 0 saturated carbocycles. The molecule has 1 aliphatic heterocycles. The maximum Gasteiger partial charge on any atom is 0.195 e. The molecule has 0 unspecified atom stereocenters. The maximum absolute atomic E-state index is 6.10. The smallest absolute Gasteiger partial charge is 0.195 e. The third-order valence-corrected chi connectivity index (χ3v) is 4.18. The number of fused-ring (bicyclic) bond motifs is 1. The van der Waals surface area contributed by atoms with Crippen molar-refractivity contribution in [3.8, 4) is 0 Å². The first-order chi connectivity index (χ1) is 9.22. The number of hydrogen-bond acceptors (Lipinski definition) is 3. The summed E-state index contributed by atoms with van der Waals surface area (Å²) in [5, 5.41) is 4.50. The highest BCUT2D eigenvalue weighted by Crippen LogP contribution is 2.29. The van der Waals surface area contributed by atoms with Crippen LogP contribution in [0.1, 0.15) is 25.2 Å². The molecule has 0 amide bonds. The largest absolute Gasteiger partial charge is 0.439 e. The van der Waals surface area contributed by atoms with Gasteiger partial charge in [-0.3, -0.25) is 0 Å². The monoisotopic (exact) mass is 298 g/mol. The van der Waals surface area contributed by atoms with Gasteiger partial charge in [-0.25, -0.2) is 4.98 Å². The summed E-state index contributed by atoms with van der Waals surface area (Å²) in [7, 11) is 0. The van der Waals surface area contributed by atoms with Gasteiger partial charge in [-0.15, -0.1) is 0 Å². The number of oxazole rings is 1. The second-order valence-corrected chi connectivity index (χ2v) is 5.92. The van der Waals surface area contributed by atoms with Crippen molar-refractivity contribution in [2.75, 3.05) is 13.1 Å². The van der Waals surface area contributed by atoms with Gasteiger partial charge in [0, 0.05) is 11.4 Å². The molecule has 102 valence electrons. The van der Waals surface area contributed by atoms with Crippen molar-refractivity contribution in [3.05, 3.63) is 28.1 Å². The summed E-state index contributed by atoms with van der Waals surface area (Å²) in [6, 6.07) is 3.48. The number of aromatic nitrogens is 1. The first kappa shape index (κ1) is 13.2. The van der Waals surface area contributed by atoms with E-state index < -0.39 is 0 Å². The van der Waals surface area contributed by atoms with Crippen LogP contribution in [0.4, 0.5) is 0 Å². The fourth-order valence-corrected chi connectivity index (χ4v) is 3.13. The lowest BCUT2D eigenvalue weighted by Gasteiger charge is -2.21. The van der Waals surface area contributed by atoms with Crippen LogP contribution in [0, 0.1) is 5.92 Å². The van der Waals surface area contributed by atoms with Crippen molar-refractivity contribution >= 4 is 34.3 Å². The van der Waals surface area contributed by atoms with Crippen LogP contribution < -0.4 is 5.32 Å². The Morgan fingerprint density at radius 2 is 2.05 bits per heavy atom. The average Bonchev–Trinajstić information content (AvgIpc) is 2.81.